The predicted molar refractivity (Wildman–Crippen MR) is 121 cm³/mol. The Balaban J connectivity index is 1.71. The molecule has 158 valence electrons. The molecule has 0 amide bonds. The van der Waals surface area contributed by atoms with E-state index in [1.165, 1.54) is 16.9 Å². The number of aromatic nitrogens is 3. The Morgan fingerprint density at radius 3 is 2.93 bits per heavy atom. The minimum Gasteiger partial charge on any atom is -0.466 e. The molecule has 0 aliphatic carbocycles. The molecule has 1 N–H and O–H groups in total. The van der Waals surface area contributed by atoms with E-state index in [1.807, 2.05) is 50.4 Å². The molecule has 1 aromatic carbocycles. The minimum absolute atomic E-state index is 0.211. The number of hydrogen-bond acceptors (Lipinski definition) is 8. The number of rotatable bonds is 10. The molecule has 30 heavy (non-hydrogen) atoms. The van der Waals surface area contributed by atoms with Gasteiger partial charge in [0.2, 0.25) is 5.13 Å². The molecule has 0 bridgehead atoms. The van der Waals surface area contributed by atoms with Crippen molar-refractivity contribution in [1.29, 1.82) is 0 Å². The molecule has 9 heteroatoms. The topological polar surface area (TPSA) is 72.3 Å². The molecule has 0 aliphatic heterocycles. The highest BCUT2D eigenvalue weighted by atomic mass is 32.1. The summed E-state index contributed by atoms with van der Waals surface area (Å²) < 4.78 is 7.51. The number of ether oxygens (including phenoxy) is 1. The number of esters is 1. The molecule has 0 fully saturated rings. The molecule has 0 spiro atoms. The van der Waals surface area contributed by atoms with E-state index in [0.717, 1.165) is 16.4 Å². The van der Waals surface area contributed by atoms with Gasteiger partial charge >= 0.3 is 5.97 Å². The fraction of sp³-hybridized carbons (Fsp3) is 0.333. The molecule has 0 radical (unpaired) electrons. The van der Waals surface area contributed by atoms with Crippen LogP contribution < -0.4 is 5.32 Å². The van der Waals surface area contributed by atoms with E-state index < -0.39 is 0 Å². The van der Waals surface area contributed by atoms with Gasteiger partial charge in [-0.2, -0.15) is 0 Å². The van der Waals surface area contributed by atoms with Crippen molar-refractivity contribution in [2.24, 2.45) is 0 Å². The van der Waals surface area contributed by atoms with E-state index >= 15 is 0 Å². The highest BCUT2D eigenvalue weighted by molar-refractivity contribution is 7.73. The van der Waals surface area contributed by atoms with Crippen molar-refractivity contribution in [1.82, 2.24) is 19.7 Å². The number of aryl methyl sites for hydroxylation is 1. The van der Waals surface area contributed by atoms with Gasteiger partial charge < -0.3 is 10.1 Å². The third-order valence-corrected chi connectivity index (χ3v) is 5.50. The maximum absolute atomic E-state index is 11.8. The summed E-state index contributed by atoms with van der Waals surface area (Å²) >= 11 is 6.94. The monoisotopic (exact) mass is 443 g/mol. The minimum atomic E-state index is -0.211. The summed E-state index contributed by atoms with van der Waals surface area (Å²) in [5.41, 5.74) is 3.20. The predicted octanol–water partition coefficient (Wildman–Crippen LogP) is 4.53. The smallest absolute Gasteiger partial charge is 0.307 e. The lowest BCUT2D eigenvalue weighted by molar-refractivity contribution is -0.143. The van der Waals surface area contributed by atoms with Crippen LogP contribution in [-0.4, -0.2) is 38.8 Å². The number of hydrogen-bond donors (Lipinski definition) is 1. The highest BCUT2D eigenvalue weighted by Gasteiger charge is 2.13. The Labute approximate surface area is 185 Å². The lowest BCUT2D eigenvalue weighted by Crippen LogP contribution is -2.29. The number of anilines is 2. The Bertz CT molecular complexity index is 1020. The zero-order valence-corrected chi connectivity index (χ0v) is 18.7. The van der Waals surface area contributed by atoms with Crippen LogP contribution in [0, 0.1) is 10.9 Å². The van der Waals surface area contributed by atoms with Gasteiger partial charge in [-0.1, -0.05) is 29.5 Å². The van der Waals surface area contributed by atoms with Crippen molar-refractivity contribution in [3.05, 3.63) is 63.9 Å². The van der Waals surface area contributed by atoms with Crippen molar-refractivity contribution in [2.75, 3.05) is 18.5 Å². The molecule has 0 saturated carbocycles. The summed E-state index contributed by atoms with van der Waals surface area (Å²) in [7, 11) is 0. The maximum Gasteiger partial charge on any atom is 0.307 e. The molecule has 0 atom stereocenters. The van der Waals surface area contributed by atoms with Crippen molar-refractivity contribution in [3.63, 3.8) is 0 Å². The first-order valence-electron chi connectivity index (χ1n) is 9.72. The third kappa shape index (κ3) is 6.72. The number of carbonyl (C=O) groups excluding carboxylic acids is 1. The fourth-order valence-corrected chi connectivity index (χ4v) is 3.93. The van der Waals surface area contributed by atoms with Crippen LogP contribution in [0.1, 0.15) is 24.5 Å². The number of pyridine rings is 1. The highest BCUT2D eigenvalue weighted by Crippen LogP contribution is 2.21. The van der Waals surface area contributed by atoms with Crippen LogP contribution in [0.15, 0.2) is 48.8 Å². The van der Waals surface area contributed by atoms with E-state index in [0.29, 0.717) is 36.7 Å². The molecule has 7 nitrogen and oxygen atoms in total. The Morgan fingerprint density at radius 1 is 1.33 bits per heavy atom. The molecule has 0 aliphatic rings. The summed E-state index contributed by atoms with van der Waals surface area (Å²) in [5.74, 6) is -0.211. The van der Waals surface area contributed by atoms with E-state index in [1.54, 1.807) is 10.9 Å². The second-order valence-electron chi connectivity index (χ2n) is 6.78. The number of carbonyl (C=O) groups is 1. The summed E-state index contributed by atoms with van der Waals surface area (Å²) in [6, 6.07) is 12.0. The lowest BCUT2D eigenvalue weighted by Gasteiger charge is -2.21. The van der Waals surface area contributed by atoms with Crippen molar-refractivity contribution < 1.29 is 9.53 Å². The van der Waals surface area contributed by atoms with E-state index in [9.17, 15) is 4.79 Å². The molecule has 2 aromatic heterocycles. The van der Waals surface area contributed by atoms with Crippen LogP contribution in [0.2, 0.25) is 0 Å². The zero-order valence-electron chi connectivity index (χ0n) is 17.1. The number of nitrogens with zero attached hydrogens (tertiary/aromatic N) is 4. The number of benzene rings is 1. The zero-order chi connectivity index (χ0) is 21.3. The summed E-state index contributed by atoms with van der Waals surface area (Å²) in [6.45, 7) is 5.88. The van der Waals surface area contributed by atoms with Gasteiger partial charge in [-0.05, 0) is 55.4 Å². The molecule has 2 heterocycles. The molecule has 3 rings (SSSR count). The SMILES string of the molecule is CCOC(=O)CCN(Cc1cccnc1)Cn1nc(Nc2cccc(C)c2)sc1=S. The van der Waals surface area contributed by atoms with E-state index in [2.05, 4.69) is 26.4 Å². The van der Waals surface area contributed by atoms with Gasteiger partial charge in [0.25, 0.3) is 0 Å². The van der Waals surface area contributed by atoms with Crippen LogP contribution in [-0.2, 0) is 22.7 Å². The van der Waals surface area contributed by atoms with Crippen LogP contribution in [0.4, 0.5) is 10.8 Å². The largest absolute Gasteiger partial charge is 0.466 e. The first kappa shape index (κ1) is 22.1. The van der Waals surface area contributed by atoms with Gasteiger partial charge in [0.05, 0.1) is 19.7 Å². The van der Waals surface area contributed by atoms with Crippen LogP contribution in [0.25, 0.3) is 0 Å². The lowest BCUT2D eigenvalue weighted by atomic mass is 10.2. The summed E-state index contributed by atoms with van der Waals surface area (Å²) in [6.07, 6.45) is 3.87. The van der Waals surface area contributed by atoms with E-state index in [-0.39, 0.29) is 5.97 Å². The first-order chi connectivity index (χ1) is 14.5. The quantitative estimate of drug-likeness (QED) is 0.364. The van der Waals surface area contributed by atoms with Gasteiger partial charge in [0.1, 0.15) is 0 Å². The van der Waals surface area contributed by atoms with Crippen molar-refractivity contribution in [2.45, 2.75) is 33.5 Å². The van der Waals surface area contributed by atoms with Crippen LogP contribution >= 0.6 is 23.6 Å². The first-order valence-corrected chi connectivity index (χ1v) is 10.9. The van der Waals surface area contributed by atoms with Crippen LogP contribution in [0.5, 0.6) is 0 Å². The molecule has 3 aromatic rings. The molecular formula is C21H25N5O2S2. The maximum atomic E-state index is 11.8. The Hall–Kier alpha value is -2.62. The Morgan fingerprint density at radius 2 is 2.20 bits per heavy atom. The van der Waals surface area contributed by atoms with Crippen molar-refractivity contribution in [3.8, 4) is 0 Å². The second kappa shape index (κ2) is 11.0. The third-order valence-electron chi connectivity index (χ3n) is 4.28. The van der Waals surface area contributed by atoms with Crippen LogP contribution in [0.3, 0.4) is 0 Å². The normalized spacial score (nSPS) is 10.9. The average Bonchev–Trinajstić information content (AvgIpc) is 3.06. The molecule has 0 saturated heterocycles. The van der Waals surface area contributed by atoms with Gasteiger partial charge in [-0.15, -0.1) is 5.10 Å². The Kier molecular flexibility index (Phi) is 8.06. The summed E-state index contributed by atoms with van der Waals surface area (Å²) in [4.78, 5) is 18.1. The average molecular weight is 444 g/mol. The molecular weight excluding hydrogens is 418 g/mol. The summed E-state index contributed by atoms with van der Waals surface area (Å²) in [5, 5.41) is 8.67. The van der Waals surface area contributed by atoms with Gasteiger partial charge in [-0.25, -0.2) is 4.68 Å². The van der Waals surface area contributed by atoms with Crippen molar-refractivity contribution >= 4 is 40.3 Å². The molecule has 0 unspecified atom stereocenters. The van der Waals surface area contributed by atoms with Gasteiger partial charge in [0, 0.05) is 31.2 Å². The van der Waals surface area contributed by atoms with E-state index in [4.69, 9.17) is 17.0 Å². The number of nitrogens with one attached hydrogen (secondary N) is 1. The fourth-order valence-electron chi connectivity index (χ4n) is 2.91. The standard InChI is InChI=1S/C21H25N5O2S2/c1-3-28-19(27)9-11-25(14-17-7-5-10-22-13-17)15-26-21(29)30-20(24-26)23-18-8-4-6-16(2)12-18/h4-8,10,12-13H,3,9,11,14-15H2,1-2H3,(H,23,24). The van der Waals surface area contributed by atoms with Gasteiger partial charge in [-0.3, -0.25) is 14.7 Å². The second-order valence-corrected chi connectivity index (χ2v) is 8.40. The van der Waals surface area contributed by atoms with Gasteiger partial charge in [0.15, 0.2) is 3.95 Å².